The second-order valence-corrected chi connectivity index (χ2v) is 8.72. The lowest BCUT2D eigenvalue weighted by Crippen LogP contribution is -2.33. The van der Waals surface area contributed by atoms with E-state index in [1.54, 1.807) is 6.92 Å². The highest BCUT2D eigenvalue weighted by molar-refractivity contribution is 7.66. The molecule has 0 bridgehead atoms. The highest BCUT2D eigenvalue weighted by Gasteiger charge is 2.47. The minimum absolute atomic E-state index is 0.281. The summed E-state index contributed by atoms with van der Waals surface area (Å²) < 4.78 is 29.1. The van der Waals surface area contributed by atoms with E-state index in [0.717, 1.165) is 0 Å². The van der Waals surface area contributed by atoms with Crippen molar-refractivity contribution in [1.29, 1.82) is 0 Å². The molecule has 10 nitrogen and oxygen atoms in total. The fraction of sp³-hybridized carbons (Fsp3) is 0.636. The molecule has 1 aliphatic rings. The van der Waals surface area contributed by atoms with Gasteiger partial charge >= 0.3 is 26.8 Å². The van der Waals surface area contributed by atoms with Gasteiger partial charge in [-0.3, -0.25) is 18.9 Å². The van der Waals surface area contributed by atoms with Gasteiger partial charge in [0.15, 0.2) is 0 Å². The molecule has 0 saturated heterocycles. The van der Waals surface area contributed by atoms with Crippen molar-refractivity contribution < 1.29 is 23.7 Å². The van der Waals surface area contributed by atoms with Crippen LogP contribution < -0.4 is 16.8 Å². The van der Waals surface area contributed by atoms with Gasteiger partial charge in [-0.05, 0) is 30.8 Å². The molecule has 23 heavy (non-hydrogen) atoms. The second kappa shape index (κ2) is 6.76. The van der Waals surface area contributed by atoms with E-state index in [9.17, 15) is 18.7 Å². The minimum atomic E-state index is -4.75. The van der Waals surface area contributed by atoms with E-state index in [4.69, 9.17) is 20.0 Å². The van der Waals surface area contributed by atoms with Gasteiger partial charge in [0.25, 0.3) is 5.56 Å². The first-order chi connectivity index (χ1) is 10.6. The quantitative estimate of drug-likeness (QED) is 0.533. The van der Waals surface area contributed by atoms with Crippen LogP contribution >= 0.6 is 15.5 Å². The zero-order valence-corrected chi connectivity index (χ0v) is 14.1. The molecule has 1 aromatic heterocycles. The van der Waals surface area contributed by atoms with E-state index in [-0.39, 0.29) is 6.04 Å². The van der Waals surface area contributed by atoms with Crippen molar-refractivity contribution in [3.8, 4) is 0 Å². The average Bonchev–Trinajstić information content (AvgIpc) is 2.87. The van der Waals surface area contributed by atoms with Crippen molar-refractivity contribution in [2.75, 3.05) is 0 Å². The lowest BCUT2D eigenvalue weighted by atomic mass is 10.2. The van der Waals surface area contributed by atoms with Crippen molar-refractivity contribution in [3.05, 3.63) is 32.6 Å². The Morgan fingerprint density at radius 1 is 1.48 bits per heavy atom. The van der Waals surface area contributed by atoms with Crippen LogP contribution in [0, 0.1) is 6.92 Å². The smallest absolute Gasteiger partial charge is 0.321 e. The molecule has 1 heterocycles. The Kier molecular flexibility index (Phi) is 5.35. The summed E-state index contributed by atoms with van der Waals surface area (Å²) in [6.45, 7) is 1.57. The van der Waals surface area contributed by atoms with Crippen LogP contribution in [0.3, 0.4) is 0 Å². The summed E-state index contributed by atoms with van der Waals surface area (Å²) in [5, 5.41) is 0. The third-order valence-electron chi connectivity index (χ3n) is 3.72. The maximum atomic E-state index is 11.9. The lowest BCUT2D eigenvalue weighted by Gasteiger charge is -2.16. The maximum Gasteiger partial charge on any atom is 0.475 e. The number of nitrogens with zero attached hydrogens (tertiary/aromatic N) is 1. The molecule has 0 amide bonds. The number of aromatic amines is 1. The first kappa shape index (κ1) is 18.2. The molecule has 2 unspecified atom stereocenters. The van der Waals surface area contributed by atoms with Crippen molar-refractivity contribution in [1.82, 2.24) is 9.55 Å². The summed E-state index contributed by atoms with van der Waals surface area (Å²) in [7, 11) is -7.45. The highest BCUT2D eigenvalue weighted by Crippen LogP contribution is 2.52. The van der Waals surface area contributed by atoms with E-state index in [1.165, 1.54) is 10.8 Å². The Labute approximate surface area is 131 Å². The first-order valence-electron chi connectivity index (χ1n) is 6.83. The van der Waals surface area contributed by atoms with Crippen LogP contribution in [0.2, 0.25) is 0 Å². The molecule has 1 fully saturated rings. The summed E-state index contributed by atoms with van der Waals surface area (Å²) >= 11 is 0. The van der Waals surface area contributed by atoms with Gasteiger partial charge in [-0.2, -0.15) is 0 Å². The molecule has 1 aromatic rings. The molecule has 1 saturated carbocycles. The molecule has 0 spiro atoms. The van der Waals surface area contributed by atoms with Gasteiger partial charge in [0, 0.05) is 17.8 Å². The summed E-state index contributed by atoms with van der Waals surface area (Å²) in [6.07, 6.45) is 2.10. The van der Waals surface area contributed by atoms with Gasteiger partial charge in [-0.25, -0.2) is 4.79 Å². The number of ether oxygens (including phenoxy) is 1. The number of hydrogen-bond donors (Lipinski definition) is 4. The summed E-state index contributed by atoms with van der Waals surface area (Å²) in [5.74, 6) is 0. The van der Waals surface area contributed by atoms with E-state index in [2.05, 4.69) is 4.98 Å². The lowest BCUT2D eigenvalue weighted by molar-refractivity contribution is 0.0563. The van der Waals surface area contributed by atoms with Crippen molar-refractivity contribution >= 4 is 15.5 Å². The van der Waals surface area contributed by atoms with Crippen LogP contribution in [0.25, 0.3) is 0 Å². The Hall–Kier alpha value is -1.15. The standard InChI is InChI=1S/C11H17N3O7P2/c1-6-5-14(10(16)13-9(6)15)7-2-3-8(4-7)21-11(22(12)17)23(18,19)20/h5,7-8,11H,2-4H2,1H3,(H4-,12,13,15,16,17,18,19,20)/p+1/t7-,8+,11?/m0/s1. The van der Waals surface area contributed by atoms with Gasteiger partial charge in [-0.15, -0.1) is 5.50 Å². The number of aromatic nitrogens is 2. The monoisotopic (exact) mass is 366 g/mol. The highest BCUT2D eigenvalue weighted by atomic mass is 31.2. The number of aryl methyl sites for hydroxylation is 1. The topological polar surface area (TPSA) is 165 Å². The van der Waals surface area contributed by atoms with E-state index < -0.39 is 38.5 Å². The SMILES string of the molecule is Cc1cn([C@H]2CC[C@@H](OC([P+](N)=O)P(=O)(O)O)C2)c(=O)[nH]c1=O. The second-order valence-electron chi connectivity index (χ2n) is 5.48. The number of H-pyrrole nitrogens is 1. The molecule has 1 aliphatic carbocycles. The predicted octanol–water partition coefficient (Wildman–Crippen LogP) is 0.118. The van der Waals surface area contributed by atoms with E-state index in [1.807, 2.05) is 0 Å². The van der Waals surface area contributed by atoms with Crippen molar-refractivity contribution in [3.63, 3.8) is 0 Å². The number of rotatable bonds is 5. The molecule has 2 rings (SSSR count). The fourth-order valence-electron chi connectivity index (χ4n) is 2.61. The zero-order chi connectivity index (χ0) is 17.4. The molecule has 128 valence electrons. The largest absolute Gasteiger partial charge is 0.475 e. The van der Waals surface area contributed by atoms with Gasteiger partial charge < -0.3 is 14.5 Å². The third kappa shape index (κ3) is 4.23. The van der Waals surface area contributed by atoms with Gasteiger partial charge in [0.05, 0.1) is 6.10 Å². The zero-order valence-electron chi connectivity index (χ0n) is 12.3. The fourth-order valence-corrected chi connectivity index (χ4v) is 4.42. The maximum absolute atomic E-state index is 11.9. The Bertz CT molecular complexity index is 768. The molecule has 0 aliphatic heterocycles. The summed E-state index contributed by atoms with van der Waals surface area (Å²) in [6, 6.07) is -0.281. The first-order valence-corrected chi connectivity index (χ1v) is 9.91. The van der Waals surface area contributed by atoms with Crippen LogP contribution in [0.15, 0.2) is 15.8 Å². The van der Waals surface area contributed by atoms with Crippen molar-refractivity contribution in [2.45, 2.75) is 43.9 Å². The number of nitrogens with two attached hydrogens (primary N) is 1. The van der Waals surface area contributed by atoms with Crippen molar-refractivity contribution in [2.24, 2.45) is 5.50 Å². The molecule has 5 N–H and O–H groups in total. The molecule has 0 aromatic carbocycles. The Morgan fingerprint density at radius 2 is 2.13 bits per heavy atom. The molecule has 4 atom stereocenters. The Morgan fingerprint density at radius 3 is 2.70 bits per heavy atom. The number of hydrogen-bond acceptors (Lipinski definition) is 5. The normalized spacial score (nSPS) is 23.7. The molecular formula is C11H18N3O7P2+. The van der Waals surface area contributed by atoms with E-state index >= 15 is 0 Å². The summed E-state index contributed by atoms with van der Waals surface area (Å²) in [5.41, 5.74) is 2.62. The van der Waals surface area contributed by atoms with Crippen LogP contribution in [-0.2, 0) is 13.9 Å². The molecule has 0 radical (unpaired) electrons. The van der Waals surface area contributed by atoms with E-state index in [0.29, 0.717) is 24.8 Å². The Balaban J connectivity index is 2.14. The van der Waals surface area contributed by atoms with Crippen LogP contribution in [0.1, 0.15) is 30.9 Å². The molecule has 12 heteroatoms. The summed E-state index contributed by atoms with van der Waals surface area (Å²) in [4.78, 5) is 43.7. The predicted molar refractivity (Wildman–Crippen MR) is 81.4 cm³/mol. The van der Waals surface area contributed by atoms with Gasteiger partial charge in [0.2, 0.25) is 0 Å². The third-order valence-corrected chi connectivity index (χ3v) is 6.56. The van der Waals surface area contributed by atoms with Gasteiger partial charge in [0.1, 0.15) is 0 Å². The van der Waals surface area contributed by atoms with Crippen LogP contribution in [0.5, 0.6) is 0 Å². The average molecular weight is 366 g/mol. The van der Waals surface area contributed by atoms with Crippen LogP contribution in [0.4, 0.5) is 0 Å². The minimum Gasteiger partial charge on any atom is -0.321 e. The molecular weight excluding hydrogens is 348 g/mol. The van der Waals surface area contributed by atoms with Gasteiger partial charge in [-0.1, -0.05) is 0 Å². The van der Waals surface area contributed by atoms with Crippen LogP contribution in [-0.4, -0.2) is 31.0 Å². The number of nitrogens with one attached hydrogen (secondary N) is 1.